The van der Waals surface area contributed by atoms with Crippen LogP contribution in [0.25, 0.3) is 10.9 Å². The Morgan fingerprint density at radius 2 is 2.12 bits per heavy atom. The van der Waals surface area contributed by atoms with E-state index in [1.54, 1.807) is 6.07 Å². The van der Waals surface area contributed by atoms with Crippen LogP contribution in [0.15, 0.2) is 35.7 Å². The highest BCUT2D eigenvalue weighted by Crippen LogP contribution is 2.24. The molecule has 0 radical (unpaired) electrons. The Morgan fingerprint density at radius 3 is 2.84 bits per heavy atom. The summed E-state index contributed by atoms with van der Waals surface area (Å²) in [7, 11) is 0. The van der Waals surface area contributed by atoms with Crippen molar-refractivity contribution in [3.8, 4) is 6.07 Å². The highest BCUT2D eigenvalue weighted by molar-refractivity contribution is 7.12. The number of carbonyl (C=O) groups is 1. The summed E-state index contributed by atoms with van der Waals surface area (Å²) in [5.74, 6) is 0.459. The van der Waals surface area contributed by atoms with Gasteiger partial charge in [-0.2, -0.15) is 5.26 Å². The van der Waals surface area contributed by atoms with Crippen molar-refractivity contribution < 1.29 is 4.79 Å². The Hall–Kier alpha value is -2.91. The van der Waals surface area contributed by atoms with Crippen molar-refractivity contribution in [1.82, 2.24) is 10.3 Å². The average molecular weight is 350 g/mol. The lowest BCUT2D eigenvalue weighted by Gasteiger charge is -2.11. The minimum absolute atomic E-state index is 0.0879. The number of carbonyl (C=O) groups excluding carboxylic acids is 1. The lowest BCUT2D eigenvalue weighted by Crippen LogP contribution is -2.28. The molecule has 0 spiro atoms. The number of benzene rings is 1. The molecule has 0 aliphatic carbocycles. The molecule has 0 fully saturated rings. The van der Waals surface area contributed by atoms with Crippen molar-refractivity contribution in [3.63, 3.8) is 0 Å². The van der Waals surface area contributed by atoms with E-state index in [4.69, 9.17) is 0 Å². The lowest BCUT2D eigenvalue weighted by atomic mass is 10.0. The van der Waals surface area contributed by atoms with E-state index in [0.29, 0.717) is 29.3 Å². The Kier molecular flexibility index (Phi) is 4.96. The van der Waals surface area contributed by atoms with E-state index < -0.39 is 0 Å². The molecule has 6 heteroatoms. The second-order valence-electron chi connectivity index (χ2n) is 5.80. The lowest BCUT2D eigenvalue weighted by molar-refractivity contribution is 0.0959. The molecule has 0 bridgehead atoms. The van der Waals surface area contributed by atoms with Crippen LogP contribution in [0.3, 0.4) is 0 Å². The number of thiophene rings is 1. The predicted molar refractivity (Wildman–Crippen MR) is 101 cm³/mol. The van der Waals surface area contributed by atoms with Gasteiger partial charge in [0.1, 0.15) is 11.9 Å². The number of rotatable bonds is 5. The zero-order valence-corrected chi connectivity index (χ0v) is 14.9. The van der Waals surface area contributed by atoms with Crippen LogP contribution < -0.4 is 10.6 Å². The Morgan fingerprint density at radius 1 is 1.28 bits per heavy atom. The summed E-state index contributed by atoms with van der Waals surface area (Å²) >= 11 is 1.41. The van der Waals surface area contributed by atoms with Crippen LogP contribution in [0.4, 0.5) is 5.82 Å². The van der Waals surface area contributed by atoms with E-state index in [1.165, 1.54) is 11.3 Å². The summed E-state index contributed by atoms with van der Waals surface area (Å²) in [6.45, 7) is 4.99. The first-order valence-electron chi connectivity index (χ1n) is 7.96. The van der Waals surface area contributed by atoms with Crippen molar-refractivity contribution in [2.75, 3.05) is 18.4 Å². The molecule has 3 rings (SSSR count). The zero-order valence-electron chi connectivity index (χ0n) is 14.1. The molecule has 0 saturated heterocycles. The molecule has 0 aliphatic heterocycles. The molecule has 0 atom stereocenters. The normalized spacial score (nSPS) is 10.4. The number of amides is 1. The fourth-order valence-electron chi connectivity index (χ4n) is 2.70. The van der Waals surface area contributed by atoms with Gasteiger partial charge in [-0.15, -0.1) is 11.3 Å². The minimum Gasteiger partial charge on any atom is -0.367 e. The predicted octanol–water partition coefficient (Wildman–Crippen LogP) is 3.63. The van der Waals surface area contributed by atoms with Gasteiger partial charge in [-0.1, -0.05) is 12.1 Å². The van der Waals surface area contributed by atoms with E-state index in [0.717, 1.165) is 22.0 Å². The van der Waals surface area contributed by atoms with Crippen LogP contribution in [0, 0.1) is 25.2 Å². The number of pyridine rings is 1. The van der Waals surface area contributed by atoms with Gasteiger partial charge in [0.15, 0.2) is 0 Å². The SMILES string of the molecule is Cc1cc(C)c2cc(C#N)c(NCCNC(=O)c3cccs3)nc2c1. The van der Waals surface area contributed by atoms with Crippen molar-refractivity contribution in [2.24, 2.45) is 0 Å². The number of hydrogen-bond donors (Lipinski definition) is 2. The van der Waals surface area contributed by atoms with E-state index >= 15 is 0 Å². The highest BCUT2D eigenvalue weighted by Gasteiger charge is 2.09. The summed E-state index contributed by atoms with van der Waals surface area (Å²) < 4.78 is 0. The summed E-state index contributed by atoms with van der Waals surface area (Å²) in [6, 6.07) is 11.8. The summed E-state index contributed by atoms with van der Waals surface area (Å²) in [5.41, 5.74) is 3.61. The van der Waals surface area contributed by atoms with Crippen molar-refractivity contribution in [3.05, 3.63) is 57.3 Å². The second-order valence-corrected chi connectivity index (χ2v) is 6.75. The molecule has 0 aliphatic rings. The molecule has 3 aromatic rings. The van der Waals surface area contributed by atoms with E-state index in [-0.39, 0.29) is 5.91 Å². The Bertz CT molecular complexity index is 958. The molecule has 25 heavy (non-hydrogen) atoms. The molecular formula is C19H18N4OS. The number of hydrogen-bond acceptors (Lipinski definition) is 5. The number of aromatic nitrogens is 1. The first-order valence-corrected chi connectivity index (χ1v) is 8.84. The van der Waals surface area contributed by atoms with E-state index in [9.17, 15) is 10.1 Å². The summed E-state index contributed by atoms with van der Waals surface area (Å²) in [4.78, 5) is 17.2. The standard InChI is InChI=1S/C19H18N4OS/c1-12-8-13(2)15-10-14(11-20)18(23-16(15)9-12)21-5-6-22-19(24)17-4-3-7-25-17/h3-4,7-10H,5-6H2,1-2H3,(H,21,23)(H,22,24). The average Bonchev–Trinajstić information content (AvgIpc) is 3.12. The third-order valence-corrected chi connectivity index (χ3v) is 4.72. The molecule has 126 valence electrons. The monoisotopic (exact) mass is 350 g/mol. The highest BCUT2D eigenvalue weighted by atomic mass is 32.1. The number of nitrogens with zero attached hydrogens (tertiary/aromatic N) is 2. The van der Waals surface area contributed by atoms with Gasteiger partial charge in [0, 0.05) is 18.5 Å². The molecule has 5 nitrogen and oxygen atoms in total. The Labute approximate surface area is 150 Å². The van der Waals surface area contributed by atoms with Gasteiger partial charge in [-0.05, 0) is 48.6 Å². The third-order valence-electron chi connectivity index (χ3n) is 3.85. The van der Waals surface area contributed by atoms with Crippen LogP contribution in [0.1, 0.15) is 26.4 Å². The molecule has 2 heterocycles. The topological polar surface area (TPSA) is 77.8 Å². The van der Waals surface area contributed by atoms with Crippen molar-refractivity contribution >= 4 is 34.0 Å². The fraction of sp³-hybridized carbons (Fsp3) is 0.211. The van der Waals surface area contributed by atoms with Crippen LogP contribution in [-0.4, -0.2) is 24.0 Å². The van der Waals surface area contributed by atoms with Crippen LogP contribution in [-0.2, 0) is 0 Å². The molecular weight excluding hydrogens is 332 g/mol. The summed E-state index contributed by atoms with van der Waals surface area (Å²) in [5, 5.41) is 18.2. The number of nitriles is 1. The molecule has 1 aromatic carbocycles. The first kappa shape index (κ1) is 16.9. The number of aryl methyl sites for hydroxylation is 2. The second kappa shape index (κ2) is 7.32. The fourth-order valence-corrected chi connectivity index (χ4v) is 3.34. The maximum Gasteiger partial charge on any atom is 0.261 e. The van der Waals surface area contributed by atoms with Crippen LogP contribution in [0.2, 0.25) is 0 Å². The Balaban J connectivity index is 1.70. The smallest absolute Gasteiger partial charge is 0.261 e. The minimum atomic E-state index is -0.0879. The van der Waals surface area contributed by atoms with Gasteiger partial charge in [-0.3, -0.25) is 4.79 Å². The number of nitrogens with one attached hydrogen (secondary N) is 2. The molecule has 1 amide bonds. The first-order chi connectivity index (χ1) is 12.1. The van der Waals surface area contributed by atoms with Gasteiger partial charge in [0.25, 0.3) is 5.91 Å². The maximum absolute atomic E-state index is 11.9. The molecule has 0 unspecified atom stereocenters. The number of fused-ring (bicyclic) bond motifs is 1. The van der Waals surface area contributed by atoms with Gasteiger partial charge in [-0.25, -0.2) is 4.98 Å². The van der Waals surface area contributed by atoms with Gasteiger partial charge in [0.05, 0.1) is 16.0 Å². The van der Waals surface area contributed by atoms with Gasteiger partial charge >= 0.3 is 0 Å². The van der Waals surface area contributed by atoms with E-state index in [1.807, 2.05) is 37.4 Å². The summed E-state index contributed by atoms with van der Waals surface area (Å²) in [6.07, 6.45) is 0. The largest absolute Gasteiger partial charge is 0.367 e. The van der Waals surface area contributed by atoms with Crippen LogP contribution in [0.5, 0.6) is 0 Å². The maximum atomic E-state index is 11.9. The van der Waals surface area contributed by atoms with Crippen LogP contribution >= 0.6 is 11.3 Å². The molecule has 2 N–H and O–H groups in total. The number of anilines is 1. The van der Waals surface area contributed by atoms with E-state index in [2.05, 4.69) is 27.8 Å². The quantitative estimate of drug-likeness (QED) is 0.689. The van der Waals surface area contributed by atoms with Crippen molar-refractivity contribution in [2.45, 2.75) is 13.8 Å². The molecule has 2 aromatic heterocycles. The zero-order chi connectivity index (χ0) is 17.8. The van der Waals surface area contributed by atoms with Crippen molar-refractivity contribution in [1.29, 1.82) is 5.26 Å². The van der Waals surface area contributed by atoms with Gasteiger partial charge < -0.3 is 10.6 Å². The van der Waals surface area contributed by atoms with Gasteiger partial charge in [0.2, 0.25) is 0 Å². The third kappa shape index (κ3) is 3.78. The molecule has 0 saturated carbocycles.